The molecule has 0 bridgehead atoms. The lowest BCUT2D eigenvalue weighted by Crippen LogP contribution is -2.32. The average Bonchev–Trinajstić information content (AvgIpc) is 3.05. The van der Waals surface area contributed by atoms with Crippen LogP contribution in [0.25, 0.3) is 0 Å². The molecule has 1 amide bonds. The highest BCUT2D eigenvalue weighted by atomic mass is 32.2. The van der Waals surface area contributed by atoms with E-state index in [0.29, 0.717) is 24.1 Å². The molecule has 2 aromatic rings. The van der Waals surface area contributed by atoms with E-state index in [-0.39, 0.29) is 12.0 Å². The molecule has 26 heavy (non-hydrogen) atoms. The number of amides is 1. The fourth-order valence-electron chi connectivity index (χ4n) is 3.05. The van der Waals surface area contributed by atoms with Crippen LogP contribution in [0.15, 0.2) is 47.4 Å². The summed E-state index contributed by atoms with van der Waals surface area (Å²) in [5.74, 6) is 0.806. The van der Waals surface area contributed by atoms with Crippen LogP contribution in [0, 0.1) is 6.92 Å². The number of carbonyl (C=O) groups excluding carboxylic acids is 1. The Morgan fingerprint density at radius 3 is 2.73 bits per heavy atom. The molecular weight excluding hydrogens is 344 g/mol. The van der Waals surface area contributed by atoms with Crippen LogP contribution in [0.5, 0.6) is 5.88 Å². The fourth-order valence-corrected chi connectivity index (χ4v) is 3.89. The summed E-state index contributed by atoms with van der Waals surface area (Å²) >= 11 is 1.84. The Bertz CT molecular complexity index is 746. The van der Waals surface area contributed by atoms with Gasteiger partial charge in [-0.1, -0.05) is 32.0 Å². The second-order valence-corrected chi connectivity index (χ2v) is 8.62. The fraction of sp³-hybridized carbons (Fsp3) is 0.429. The normalized spacial score (nSPS) is 16.9. The van der Waals surface area contributed by atoms with Gasteiger partial charge in [-0.15, -0.1) is 11.8 Å². The number of pyridine rings is 1. The zero-order chi connectivity index (χ0) is 18.5. The second-order valence-electron chi connectivity index (χ2n) is 6.97. The second kappa shape index (κ2) is 8.58. The Hall–Kier alpha value is -2.01. The van der Waals surface area contributed by atoms with Gasteiger partial charge in [0.15, 0.2) is 0 Å². The molecule has 1 aliphatic heterocycles. The van der Waals surface area contributed by atoms with Gasteiger partial charge in [-0.2, -0.15) is 0 Å². The van der Waals surface area contributed by atoms with Gasteiger partial charge in [-0.3, -0.25) is 4.79 Å². The standard InChI is InChI=1S/C21H26N2O2S/c1-15(2)26-19-9-7-17(8-10-19)13-21(24)23-12-11-18(14-23)25-20-6-4-5-16(3)22-20/h4-10,15,18H,11-14H2,1-3H3/t18-/m1/s1. The molecule has 0 N–H and O–H groups in total. The van der Waals surface area contributed by atoms with Crippen molar-refractivity contribution in [3.63, 3.8) is 0 Å². The molecule has 5 heteroatoms. The van der Waals surface area contributed by atoms with E-state index in [0.717, 1.165) is 24.2 Å². The summed E-state index contributed by atoms with van der Waals surface area (Å²) in [7, 11) is 0. The van der Waals surface area contributed by atoms with Gasteiger partial charge in [-0.25, -0.2) is 4.98 Å². The minimum Gasteiger partial charge on any atom is -0.472 e. The van der Waals surface area contributed by atoms with Gasteiger partial charge in [-0.05, 0) is 30.7 Å². The minimum absolute atomic E-state index is 0.0260. The summed E-state index contributed by atoms with van der Waals surface area (Å²) in [4.78, 5) is 20.1. The summed E-state index contributed by atoms with van der Waals surface area (Å²) in [6, 6.07) is 14.1. The van der Waals surface area contributed by atoms with Gasteiger partial charge in [0.05, 0.1) is 13.0 Å². The van der Waals surface area contributed by atoms with Crippen LogP contribution in [-0.4, -0.2) is 40.2 Å². The first-order valence-electron chi connectivity index (χ1n) is 9.13. The average molecular weight is 371 g/mol. The SMILES string of the molecule is Cc1cccc(O[C@@H]2CCN(C(=O)Cc3ccc(SC(C)C)cc3)C2)n1. The lowest BCUT2D eigenvalue weighted by atomic mass is 10.1. The van der Waals surface area contributed by atoms with Crippen LogP contribution in [0.3, 0.4) is 0 Å². The monoisotopic (exact) mass is 370 g/mol. The lowest BCUT2D eigenvalue weighted by Gasteiger charge is -2.17. The van der Waals surface area contributed by atoms with E-state index in [1.807, 2.05) is 41.8 Å². The molecular formula is C21H26N2O2S. The molecule has 1 aromatic carbocycles. The van der Waals surface area contributed by atoms with Gasteiger partial charge in [0.1, 0.15) is 6.10 Å². The quantitative estimate of drug-likeness (QED) is 0.718. The highest BCUT2D eigenvalue weighted by Crippen LogP contribution is 2.23. The van der Waals surface area contributed by atoms with Crippen LogP contribution >= 0.6 is 11.8 Å². The molecule has 4 nitrogen and oxygen atoms in total. The van der Waals surface area contributed by atoms with Crippen molar-refractivity contribution in [3.8, 4) is 5.88 Å². The molecule has 3 rings (SSSR count). The molecule has 0 aliphatic carbocycles. The van der Waals surface area contributed by atoms with Gasteiger partial charge in [0.2, 0.25) is 11.8 Å². The predicted octanol–water partition coefficient (Wildman–Crippen LogP) is 4.11. The summed E-state index contributed by atoms with van der Waals surface area (Å²) in [6.07, 6.45) is 1.32. The first-order chi connectivity index (χ1) is 12.5. The third-order valence-electron chi connectivity index (χ3n) is 4.30. The number of aryl methyl sites for hydroxylation is 1. The maximum atomic E-state index is 12.6. The third-order valence-corrected chi connectivity index (χ3v) is 5.31. The van der Waals surface area contributed by atoms with Crippen molar-refractivity contribution in [1.82, 2.24) is 9.88 Å². The largest absolute Gasteiger partial charge is 0.472 e. The van der Waals surface area contributed by atoms with Crippen molar-refractivity contribution < 1.29 is 9.53 Å². The van der Waals surface area contributed by atoms with Gasteiger partial charge < -0.3 is 9.64 Å². The Morgan fingerprint density at radius 1 is 1.27 bits per heavy atom. The molecule has 2 heterocycles. The predicted molar refractivity (Wildman–Crippen MR) is 106 cm³/mol. The van der Waals surface area contributed by atoms with E-state index in [4.69, 9.17) is 4.74 Å². The Kier molecular flexibility index (Phi) is 6.20. The number of rotatable bonds is 6. The first kappa shape index (κ1) is 18.8. The van der Waals surface area contributed by atoms with E-state index >= 15 is 0 Å². The van der Waals surface area contributed by atoms with Crippen molar-refractivity contribution in [3.05, 3.63) is 53.7 Å². The van der Waals surface area contributed by atoms with E-state index in [9.17, 15) is 4.79 Å². The molecule has 0 unspecified atom stereocenters. The summed E-state index contributed by atoms with van der Waals surface area (Å²) in [5, 5.41) is 0.562. The Balaban J connectivity index is 1.51. The maximum Gasteiger partial charge on any atom is 0.227 e. The van der Waals surface area contributed by atoms with Crippen molar-refractivity contribution in [1.29, 1.82) is 0 Å². The van der Waals surface area contributed by atoms with E-state index in [2.05, 4.69) is 43.1 Å². The number of thioether (sulfide) groups is 1. The minimum atomic E-state index is 0.0260. The van der Waals surface area contributed by atoms with Crippen molar-refractivity contribution in [2.24, 2.45) is 0 Å². The molecule has 1 aliphatic rings. The molecule has 1 atom stereocenters. The van der Waals surface area contributed by atoms with Crippen molar-refractivity contribution in [2.75, 3.05) is 13.1 Å². The summed E-state index contributed by atoms with van der Waals surface area (Å²) in [6.45, 7) is 7.69. The zero-order valence-electron chi connectivity index (χ0n) is 15.6. The molecule has 0 radical (unpaired) electrons. The number of likely N-dealkylation sites (tertiary alicyclic amines) is 1. The Labute approximate surface area is 160 Å². The maximum absolute atomic E-state index is 12.6. The number of hydrogen-bond donors (Lipinski definition) is 0. The summed E-state index contributed by atoms with van der Waals surface area (Å²) < 4.78 is 5.93. The van der Waals surface area contributed by atoms with E-state index in [1.165, 1.54) is 4.90 Å². The van der Waals surface area contributed by atoms with E-state index < -0.39 is 0 Å². The molecule has 0 saturated carbocycles. The number of hydrogen-bond acceptors (Lipinski definition) is 4. The molecule has 1 fully saturated rings. The number of nitrogens with zero attached hydrogens (tertiary/aromatic N) is 2. The van der Waals surface area contributed by atoms with Crippen molar-refractivity contribution >= 4 is 17.7 Å². The smallest absolute Gasteiger partial charge is 0.227 e. The van der Waals surface area contributed by atoms with E-state index in [1.54, 1.807) is 0 Å². The van der Waals surface area contributed by atoms with Crippen molar-refractivity contribution in [2.45, 2.75) is 49.9 Å². The molecule has 1 saturated heterocycles. The van der Waals surface area contributed by atoms with Gasteiger partial charge >= 0.3 is 0 Å². The number of ether oxygens (including phenoxy) is 1. The van der Waals surface area contributed by atoms with Crippen LogP contribution in [0.2, 0.25) is 0 Å². The van der Waals surface area contributed by atoms with Crippen LogP contribution in [0.4, 0.5) is 0 Å². The van der Waals surface area contributed by atoms with Gasteiger partial charge in [0.25, 0.3) is 0 Å². The first-order valence-corrected chi connectivity index (χ1v) is 10.0. The molecule has 1 aromatic heterocycles. The summed E-state index contributed by atoms with van der Waals surface area (Å²) in [5.41, 5.74) is 2.00. The van der Waals surface area contributed by atoms with Crippen LogP contribution in [0.1, 0.15) is 31.5 Å². The molecule has 0 spiro atoms. The highest BCUT2D eigenvalue weighted by molar-refractivity contribution is 7.99. The van der Waals surface area contributed by atoms with Crippen LogP contribution in [-0.2, 0) is 11.2 Å². The molecule has 138 valence electrons. The lowest BCUT2D eigenvalue weighted by molar-refractivity contribution is -0.129. The number of aromatic nitrogens is 1. The highest BCUT2D eigenvalue weighted by Gasteiger charge is 2.27. The van der Waals surface area contributed by atoms with Gasteiger partial charge in [0, 0.05) is 34.9 Å². The number of benzene rings is 1. The van der Waals surface area contributed by atoms with Crippen LogP contribution < -0.4 is 4.74 Å². The zero-order valence-corrected chi connectivity index (χ0v) is 16.5. The third kappa shape index (κ3) is 5.24. The Morgan fingerprint density at radius 2 is 2.04 bits per heavy atom. The topological polar surface area (TPSA) is 42.4 Å². The number of carbonyl (C=O) groups is 1.